The molecule has 0 aliphatic rings. The molecule has 1 aromatic carbocycles. The molecular formula is C10H9F3N2. The first-order chi connectivity index (χ1) is 6.94. The van der Waals surface area contributed by atoms with Crippen LogP contribution in [-0.4, -0.2) is 12.7 Å². The van der Waals surface area contributed by atoms with Crippen LogP contribution >= 0.6 is 0 Å². The van der Waals surface area contributed by atoms with Gasteiger partial charge >= 0.3 is 6.18 Å². The predicted octanol–water partition coefficient (Wildman–Crippen LogP) is 2.84. The topological polar surface area (TPSA) is 35.8 Å². The molecule has 0 spiro atoms. The number of aryl methyl sites for hydroxylation is 1. The van der Waals surface area contributed by atoms with Gasteiger partial charge in [0.1, 0.15) is 12.6 Å². The molecule has 0 heterocycles. The van der Waals surface area contributed by atoms with E-state index in [1.807, 2.05) is 6.07 Å². The highest BCUT2D eigenvalue weighted by atomic mass is 19.4. The van der Waals surface area contributed by atoms with Crippen LogP contribution in [0.5, 0.6) is 0 Å². The first-order valence-corrected chi connectivity index (χ1v) is 4.24. The Kier molecular flexibility index (Phi) is 3.20. The van der Waals surface area contributed by atoms with Crippen LogP contribution in [0.15, 0.2) is 18.2 Å². The number of anilines is 1. The summed E-state index contributed by atoms with van der Waals surface area (Å²) in [7, 11) is 0. The molecule has 80 valence electrons. The van der Waals surface area contributed by atoms with Gasteiger partial charge in [0.2, 0.25) is 0 Å². The van der Waals surface area contributed by atoms with Crippen LogP contribution in [0.1, 0.15) is 11.1 Å². The lowest BCUT2D eigenvalue weighted by atomic mass is 10.1. The normalized spacial score (nSPS) is 10.9. The number of rotatable bonds is 2. The number of nitrogens with one attached hydrogen (secondary N) is 1. The molecule has 0 bridgehead atoms. The molecule has 1 rings (SSSR count). The van der Waals surface area contributed by atoms with Crippen molar-refractivity contribution < 1.29 is 13.2 Å². The fourth-order valence-electron chi connectivity index (χ4n) is 1.16. The van der Waals surface area contributed by atoms with Crippen LogP contribution in [0.4, 0.5) is 18.9 Å². The summed E-state index contributed by atoms with van der Waals surface area (Å²) < 4.78 is 35.8. The third-order valence-electron chi connectivity index (χ3n) is 1.86. The maximum absolute atomic E-state index is 11.9. The van der Waals surface area contributed by atoms with Gasteiger partial charge in [0, 0.05) is 0 Å². The third-order valence-corrected chi connectivity index (χ3v) is 1.86. The van der Waals surface area contributed by atoms with E-state index in [0.29, 0.717) is 5.56 Å². The van der Waals surface area contributed by atoms with Crippen LogP contribution in [0.25, 0.3) is 0 Å². The van der Waals surface area contributed by atoms with E-state index in [2.05, 4.69) is 5.32 Å². The zero-order valence-electron chi connectivity index (χ0n) is 8.02. The second kappa shape index (κ2) is 4.22. The Bertz CT molecular complexity index is 391. The fraction of sp³-hybridized carbons (Fsp3) is 0.300. The molecule has 0 aromatic heterocycles. The Labute approximate surface area is 85.3 Å². The van der Waals surface area contributed by atoms with E-state index in [1.54, 1.807) is 19.1 Å². The minimum absolute atomic E-state index is 0.217. The Morgan fingerprint density at radius 2 is 2.07 bits per heavy atom. The Morgan fingerprint density at radius 3 is 2.60 bits per heavy atom. The molecule has 0 amide bonds. The molecule has 5 heteroatoms. The first-order valence-electron chi connectivity index (χ1n) is 4.24. The van der Waals surface area contributed by atoms with E-state index in [4.69, 9.17) is 5.26 Å². The highest BCUT2D eigenvalue weighted by Gasteiger charge is 2.26. The smallest absolute Gasteiger partial charge is 0.375 e. The van der Waals surface area contributed by atoms with E-state index < -0.39 is 12.7 Å². The molecule has 15 heavy (non-hydrogen) atoms. The van der Waals surface area contributed by atoms with E-state index >= 15 is 0 Å². The average Bonchev–Trinajstić information content (AvgIpc) is 2.13. The van der Waals surface area contributed by atoms with Gasteiger partial charge < -0.3 is 5.32 Å². The summed E-state index contributed by atoms with van der Waals surface area (Å²) in [5, 5.41) is 11.0. The molecule has 0 aliphatic heterocycles. The minimum atomic E-state index is -4.28. The second-order valence-electron chi connectivity index (χ2n) is 3.08. The lowest BCUT2D eigenvalue weighted by Gasteiger charge is -2.11. The van der Waals surface area contributed by atoms with E-state index in [9.17, 15) is 13.2 Å². The van der Waals surface area contributed by atoms with Gasteiger partial charge in [0.05, 0.1) is 11.3 Å². The Balaban J connectivity index is 2.87. The Morgan fingerprint density at radius 1 is 1.40 bits per heavy atom. The summed E-state index contributed by atoms with van der Waals surface area (Å²) in [5.74, 6) is 0. The van der Waals surface area contributed by atoms with Crippen molar-refractivity contribution in [1.29, 1.82) is 5.26 Å². The summed E-state index contributed by atoms with van der Waals surface area (Å²) in [5.41, 5.74) is 1.13. The standard InChI is InChI=1S/C10H9F3N2/c1-7-3-2-4-9(8(7)5-14)15-6-10(11,12)13/h2-4,15H,6H2,1H3. The van der Waals surface area contributed by atoms with Crippen molar-refractivity contribution in [3.63, 3.8) is 0 Å². The van der Waals surface area contributed by atoms with Gasteiger partial charge in [-0.25, -0.2) is 0 Å². The number of hydrogen-bond acceptors (Lipinski definition) is 2. The number of halogens is 3. The zero-order valence-corrected chi connectivity index (χ0v) is 8.02. The van der Waals surface area contributed by atoms with Gasteiger partial charge in [-0.15, -0.1) is 0 Å². The molecule has 0 saturated carbocycles. The van der Waals surface area contributed by atoms with Crippen LogP contribution in [0.2, 0.25) is 0 Å². The quantitative estimate of drug-likeness (QED) is 0.821. The predicted molar refractivity (Wildman–Crippen MR) is 50.4 cm³/mol. The second-order valence-corrected chi connectivity index (χ2v) is 3.08. The van der Waals surface area contributed by atoms with E-state index in [1.165, 1.54) is 6.07 Å². The number of nitriles is 1. The number of hydrogen-bond donors (Lipinski definition) is 1. The summed E-state index contributed by atoms with van der Waals surface area (Å²) in [6.45, 7) is 0.544. The molecule has 0 saturated heterocycles. The molecular weight excluding hydrogens is 205 g/mol. The van der Waals surface area contributed by atoms with Crippen molar-refractivity contribution in [2.24, 2.45) is 0 Å². The van der Waals surface area contributed by atoms with Gasteiger partial charge in [0.15, 0.2) is 0 Å². The van der Waals surface area contributed by atoms with Crippen molar-refractivity contribution in [1.82, 2.24) is 0 Å². The largest absolute Gasteiger partial charge is 0.405 e. The highest BCUT2D eigenvalue weighted by Crippen LogP contribution is 2.21. The molecule has 0 unspecified atom stereocenters. The van der Waals surface area contributed by atoms with Crippen molar-refractivity contribution in [3.8, 4) is 6.07 Å². The SMILES string of the molecule is Cc1cccc(NCC(F)(F)F)c1C#N. The van der Waals surface area contributed by atoms with E-state index in [-0.39, 0.29) is 11.3 Å². The van der Waals surface area contributed by atoms with Gasteiger partial charge in [-0.2, -0.15) is 18.4 Å². The molecule has 2 nitrogen and oxygen atoms in total. The molecule has 0 radical (unpaired) electrons. The number of nitrogens with zero attached hydrogens (tertiary/aromatic N) is 1. The van der Waals surface area contributed by atoms with Crippen LogP contribution < -0.4 is 5.32 Å². The van der Waals surface area contributed by atoms with E-state index in [0.717, 1.165) is 0 Å². The van der Waals surface area contributed by atoms with Crippen LogP contribution in [0, 0.1) is 18.3 Å². The van der Waals surface area contributed by atoms with Crippen molar-refractivity contribution in [2.45, 2.75) is 13.1 Å². The van der Waals surface area contributed by atoms with Crippen molar-refractivity contribution in [2.75, 3.05) is 11.9 Å². The first kappa shape index (κ1) is 11.4. The molecule has 0 fully saturated rings. The van der Waals surface area contributed by atoms with Gasteiger partial charge in [0.25, 0.3) is 0 Å². The average molecular weight is 214 g/mol. The maximum Gasteiger partial charge on any atom is 0.405 e. The highest BCUT2D eigenvalue weighted by molar-refractivity contribution is 5.60. The van der Waals surface area contributed by atoms with Gasteiger partial charge in [-0.05, 0) is 18.6 Å². The van der Waals surface area contributed by atoms with Crippen LogP contribution in [-0.2, 0) is 0 Å². The Hall–Kier alpha value is -1.70. The third kappa shape index (κ3) is 3.17. The number of benzene rings is 1. The fourth-order valence-corrected chi connectivity index (χ4v) is 1.16. The lowest BCUT2D eigenvalue weighted by Crippen LogP contribution is -2.21. The molecule has 0 atom stereocenters. The van der Waals surface area contributed by atoms with Crippen LogP contribution in [0.3, 0.4) is 0 Å². The monoisotopic (exact) mass is 214 g/mol. The van der Waals surface area contributed by atoms with Crippen molar-refractivity contribution in [3.05, 3.63) is 29.3 Å². The minimum Gasteiger partial charge on any atom is -0.375 e. The van der Waals surface area contributed by atoms with Crippen molar-refractivity contribution >= 4 is 5.69 Å². The summed E-state index contributed by atoms with van der Waals surface area (Å²) in [6.07, 6.45) is -4.28. The maximum atomic E-state index is 11.9. The molecule has 0 aliphatic carbocycles. The van der Waals surface area contributed by atoms with Gasteiger partial charge in [-0.1, -0.05) is 12.1 Å². The van der Waals surface area contributed by atoms with Gasteiger partial charge in [-0.3, -0.25) is 0 Å². The lowest BCUT2D eigenvalue weighted by molar-refractivity contribution is -0.115. The number of alkyl halides is 3. The zero-order chi connectivity index (χ0) is 11.5. The summed E-state index contributed by atoms with van der Waals surface area (Å²) in [6, 6.07) is 6.61. The summed E-state index contributed by atoms with van der Waals surface area (Å²) in [4.78, 5) is 0. The summed E-state index contributed by atoms with van der Waals surface area (Å²) >= 11 is 0. The molecule has 1 N–H and O–H groups in total. The molecule has 1 aromatic rings.